The Kier molecular flexibility index (Phi) is 5.55. The van der Waals surface area contributed by atoms with Gasteiger partial charge in [-0.1, -0.05) is 0 Å². The minimum Gasteiger partial charge on any atom is -0.394 e. The van der Waals surface area contributed by atoms with E-state index in [1.807, 2.05) is 16.7 Å². The molecule has 2 fully saturated rings. The lowest BCUT2D eigenvalue weighted by Crippen LogP contribution is -2.55. The van der Waals surface area contributed by atoms with Crippen molar-refractivity contribution < 1.29 is 19.4 Å². The van der Waals surface area contributed by atoms with Gasteiger partial charge in [-0.2, -0.15) is 0 Å². The second-order valence-electron chi connectivity index (χ2n) is 5.83. The van der Waals surface area contributed by atoms with Gasteiger partial charge in [-0.25, -0.2) is 0 Å². The molecule has 1 N–H and O–H groups in total. The van der Waals surface area contributed by atoms with Crippen molar-refractivity contribution in [1.82, 2.24) is 14.7 Å². The fourth-order valence-corrected chi connectivity index (χ4v) is 2.93. The summed E-state index contributed by atoms with van der Waals surface area (Å²) in [5.41, 5.74) is 0. The fraction of sp³-hybridized carbons (Fsp3) is 0.857. The number of nitrogens with zero attached hydrogens (tertiary/aromatic N) is 3. The second-order valence-corrected chi connectivity index (χ2v) is 5.83. The van der Waals surface area contributed by atoms with Crippen LogP contribution in [0.5, 0.6) is 0 Å². The van der Waals surface area contributed by atoms with Gasteiger partial charge in [0.2, 0.25) is 11.8 Å². The van der Waals surface area contributed by atoms with Crippen LogP contribution in [0.3, 0.4) is 0 Å². The molecule has 0 aromatic carbocycles. The van der Waals surface area contributed by atoms with Crippen LogP contribution in [-0.4, -0.2) is 96.2 Å². The average molecular weight is 299 g/mol. The van der Waals surface area contributed by atoms with E-state index in [1.54, 1.807) is 11.8 Å². The number of rotatable bonds is 3. The van der Waals surface area contributed by atoms with Crippen LogP contribution in [0.4, 0.5) is 0 Å². The molecule has 2 atom stereocenters. The van der Waals surface area contributed by atoms with Crippen molar-refractivity contribution >= 4 is 11.8 Å². The number of carbonyl (C=O) groups is 2. The molecule has 2 rings (SSSR count). The van der Waals surface area contributed by atoms with Crippen LogP contribution in [0.15, 0.2) is 0 Å². The average Bonchev–Trinajstić information content (AvgIpc) is 2.46. The Morgan fingerprint density at radius 2 is 1.76 bits per heavy atom. The summed E-state index contributed by atoms with van der Waals surface area (Å²) in [5, 5.41) is 9.21. The Balaban J connectivity index is 1.80. The Hall–Kier alpha value is -1.18. The van der Waals surface area contributed by atoms with Crippen molar-refractivity contribution in [1.29, 1.82) is 0 Å². The van der Waals surface area contributed by atoms with Crippen molar-refractivity contribution in [2.45, 2.75) is 26.1 Å². The highest BCUT2D eigenvalue weighted by Crippen LogP contribution is 2.11. The molecule has 21 heavy (non-hydrogen) atoms. The van der Waals surface area contributed by atoms with Gasteiger partial charge in [-0.3, -0.25) is 14.5 Å². The van der Waals surface area contributed by atoms with E-state index in [4.69, 9.17) is 4.74 Å². The van der Waals surface area contributed by atoms with Gasteiger partial charge < -0.3 is 19.6 Å². The molecule has 0 spiro atoms. The Labute approximate surface area is 125 Å². The first-order valence-electron chi connectivity index (χ1n) is 7.51. The van der Waals surface area contributed by atoms with E-state index >= 15 is 0 Å². The normalized spacial score (nSPS) is 27.8. The number of amides is 2. The van der Waals surface area contributed by atoms with Crippen molar-refractivity contribution in [2.24, 2.45) is 0 Å². The first kappa shape index (κ1) is 16.2. The Morgan fingerprint density at radius 1 is 1.14 bits per heavy atom. The number of carbonyl (C=O) groups excluding carboxylic acids is 2. The highest BCUT2D eigenvalue weighted by molar-refractivity contribution is 5.79. The van der Waals surface area contributed by atoms with Gasteiger partial charge in [-0.15, -0.1) is 0 Å². The van der Waals surface area contributed by atoms with E-state index in [2.05, 4.69) is 0 Å². The molecular weight excluding hydrogens is 274 g/mol. The maximum Gasteiger partial charge on any atom is 0.236 e. The summed E-state index contributed by atoms with van der Waals surface area (Å²) in [4.78, 5) is 29.2. The van der Waals surface area contributed by atoms with E-state index in [9.17, 15) is 14.7 Å². The van der Waals surface area contributed by atoms with Gasteiger partial charge in [0.25, 0.3) is 0 Å². The molecule has 2 heterocycles. The molecule has 0 bridgehead atoms. The summed E-state index contributed by atoms with van der Waals surface area (Å²) >= 11 is 0. The third-order valence-corrected chi connectivity index (χ3v) is 4.04. The van der Waals surface area contributed by atoms with E-state index in [-0.39, 0.29) is 30.6 Å². The number of ether oxygens (including phenoxy) is 1. The standard InChI is InChI=1S/C14H25N3O4/c1-11-7-15(8-13(10-18)21-11)9-14(20)17-5-3-16(4-6-17)12(2)19/h11,13,18H,3-10H2,1-2H3. The highest BCUT2D eigenvalue weighted by Gasteiger charge is 2.28. The van der Waals surface area contributed by atoms with Crippen LogP contribution in [-0.2, 0) is 14.3 Å². The van der Waals surface area contributed by atoms with Crippen molar-refractivity contribution in [3.8, 4) is 0 Å². The molecule has 7 heteroatoms. The summed E-state index contributed by atoms with van der Waals surface area (Å²) in [5.74, 6) is 0.152. The summed E-state index contributed by atoms with van der Waals surface area (Å²) in [6.07, 6.45) is -0.186. The van der Waals surface area contributed by atoms with E-state index in [0.29, 0.717) is 45.8 Å². The molecule has 2 amide bonds. The van der Waals surface area contributed by atoms with Crippen LogP contribution in [0.1, 0.15) is 13.8 Å². The zero-order valence-electron chi connectivity index (χ0n) is 12.8. The van der Waals surface area contributed by atoms with E-state index < -0.39 is 0 Å². The predicted molar refractivity (Wildman–Crippen MR) is 76.7 cm³/mol. The Bertz CT molecular complexity index is 382. The van der Waals surface area contributed by atoms with Crippen LogP contribution in [0.25, 0.3) is 0 Å². The number of hydrogen-bond acceptors (Lipinski definition) is 5. The maximum atomic E-state index is 12.3. The molecule has 0 aromatic heterocycles. The SMILES string of the molecule is CC(=O)N1CCN(C(=O)CN2CC(C)OC(CO)C2)CC1. The highest BCUT2D eigenvalue weighted by atomic mass is 16.5. The van der Waals surface area contributed by atoms with Gasteiger partial charge in [0.1, 0.15) is 0 Å². The molecule has 0 aliphatic carbocycles. The fourth-order valence-electron chi connectivity index (χ4n) is 2.93. The zero-order chi connectivity index (χ0) is 15.4. The third-order valence-electron chi connectivity index (χ3n) is 4.04. The summed E-state index contributed by atoms with van der Waals surface area (Å²) in [6, 6.07) is 0. The van der Waals surface area contributed by atoms with Gasteiger partial charge in [0, 0.05) is 46.2 Å². The minimum atomic E-state index is -0.212. The molecule has 120 valence electrons. The molecule has 0 saturated carbocycles. The number of aliphatic hydroxyl groups excluding tert-OH is 1. The lowest BCUT2D eigenvalue weighted by atomic mass is 10.2. The summed E-state index contributed by atoms with van der Waals surface area (Å²) < 4.78 is 5.57. The number of morpholine rings is 1. The van der Waals surface area contributed by atoms with Crippen molar-refractivity contribution in [3.63, 3.8) is 0 Å². The molecule has 0 aromatic rings. The number of piperazine rings is 1. The predicted octanol–water partition coefficient (Wildman–Crippen LogP) is -1.24. The van der Waals surface area contributed by atoms with Crippen LogP contribution < -0.4 is 0 Å². The van der Waals surface area contributed by atoms with E-state index in [1.165, 1.54) is 0 Å². The zero-order valence-corrected chi connectivity index (χ0v) is 12.8. The molecule has 7 nitrogen and oxygen atoms in total. The monoisotopic (exact) mass is 299 g/mol. The van der Waals surface area contributed by atoms with E-state index in [0.717, 1.165) is 0 Å². The number of aliphatic hydroxyl groups is 1. The van der Waals surface area contributed by atoms with Gasteiger partial charge >= 0.3 is 0 Å². The maximum absolute atomic E-state index is 12.3. The second kappa shape index (κ2) is 7.20. The topological polar surface area (TPSA) is 73.3 Å². The van der Waals surface area contributed by atoms with Crippen molar-refractivity contribution in [2.75, 3.05) is 52.4 Å². The lowest BCUT2D eigenvalue weighted by molar-refractivity contribution is -0.142. The smallest absolute Gasteiger partial charge is 0.236 e. The van der Waals surface area contributed by atoms with Crippen LogP contribution in [0.2, 0.25) is 0 Å². The molecule has 0 radical (unpaired) electrons. The summed E-state index contributed by atoms with van der Waals surface area (Å²) in [6.45, 7) is 7.54. The third kappa shape index (κ3) is 4.39. The molecule has 2 unspecified atom stereocenters. The van der Waals surface area contributed by atoms with Gasteiger partial charge in [-0.05, 0) is 6.92 Å². The van der Waals surface area contributed by atoms with Crippen molar-refractivity contribution in [3.05, 3.63) is 0 Å². The van der Waals surface area contributed by atoms with Crippen LogP contribution in [0, 0.1) is 0 Å². The first-order chi connectivity index (χ1) is 9.99. The Morgan fingerprint density at radius 3 is 2.33 bits per heavy atom. The molecule has 2 aliphatic rings. The largest absolute Gasteiger partial charge is 0.394 e. The first-order valence-corrected chi connectivity index (χ1v) is 7.51. The molecule has 2 aliphatic heterocycles. The minimum absolute atomic E-state index is 0.0215. The lowest BCUT2D eigenvalue weighted by Gasteiger charge is -2.38. The van der Waals surface area contributed by atoms with Gasteiger partial charge in [0.05, 0.1) is 25.4 Å². The quantitative estimate of drug-likeness (QED) is 0.705. The molecular formula is C14H25N3O4. The van der Waals surface area contributed by atoms with Crippen LogP contribution >= 0.6 is 0 Å². The number of hydrogen-bond donors (Lipinski definition) is 1. The molecule has 2 saturated heterocycles. The van der Waals surface area contributed by atoms with Gasteiger partial charge in [0.15, 0.2) is 0 Å². The summed E-state index contributed by atoms with van der Waals surface area (Å²) in [7, 11) is 0.